The molecule has 2 aromatic rings. The summed E-state index contributed by atoms with van der Waals surface area (Å²) in [6, 6.07) is 6.68. The first-order valence-corrected chi connectivity index (χ1v) is 11.8. The summed E-state index contributed by atoms with van der Waals surface area (Å²) in [7, 11) is 0. The highest BCUT2D eigenvalue weighted by Gasteiger charge is 2.24. The van der Waals surface area contributed by atoms with Gasteiger partial charge in [0.05, 0.1) is 12.7 Å². The van der Waals surface area contributed by atoms with Crippen LogP contribution in [0, 0.1) is 12.7 Å². The highest BCUT2D eigenvalue weighted by atomic mass is 19.1. The van der Waals surface area contributed by atoms with E-state index in [0.29, 0.717) is 26.2 Å². The number of benzene rings is 1. The maximum atomic E-state index is 13.4. The molecule has 1 aromatic carbocycles. The van der Waals surface area contributed by atoms with Crippen LogP contribution in [0.3, 0.4) is 0 Å². The first-order valence-electron chi connectivity index (χ1n) is 11.8. The molecule has 1 atom stereocenters. The summed E-state index contributed by atoms with van der Waals surface area (Å²) in [4.78, 5) is 14.1. The molecule has 1 saturated heterocycles. The van der Waals surface area contributed by atoms with Crippen molar-refractivity contribution in [2.75, 3.05) is 50.8 Å². The topological polar surface area (TPSA) is 61.7 Å². The molecule has 1 aliphatic rings. The molecule has 0 saturated carbocycles. The minimum Gasteiger partial charge on any atom is -0.389 e. The monoisotopic (exact) mass is 444 g/mol. The van der Waals surface area contributed by atoms with Gasteiger partial charge in [0.2, 0.25) is 0 Å². The van der Waals surface area contributed by atoms with E-state index in [1.54, 1.807) is 0 Å². The van der Waals surface area contributed by atoms with E-state index >= 15 is 0 Å². The van der Waals surface area contributed by atoms with Gasteiger partial charge in [-0.2, -0.15) is 0 Å². The lowest BCUT2D eigenvalue weighted by Crippen LogP contribution is -2.49. The fourth-order valence-electron chi connectivity index (χ4n) is 4.14. The standard InChI is InChI=1S/C25H37FN4O2/c1-4-6-15-32-18-22(31)17-29-11-13-30(14-12-29)25-23(24(5-2)27-19(3)28-25)16-20-7-9-21(26)10-8-20/h7-10,22,31H,4-6,11-18H2,1-3H3/t22-/m1/s1. The van der Waals surface area contributed by atoms with Crippen LogP contribution in [0.25, 0.3) is 0 Å². The lowest BCUT2D eigenvalue weighted by atomic mass is 10.0. The molecule has 1 aromatic heterocycles. The molecule has 2 heterocycles. The van der Waals surface area contributed by atoms with Crippen LogP contribution in [0.4, 0.5) is 10.2 Å². The SMILES string of the molecule is CCCCOC[C@H](O)CN1CCN(c2nc(C)nc(CC)c2Cc2ccc(F)cc2)CC1. The molecule has 0 aliphatic carbocycles. The van der Waals surface area contributed by atoms with E-state index in [9.17, 15) is 9.50 Å². The van der Waals surface area contributed by atoms with Gasteiger partial charge in [-0.15, -0.1) is 0 Å². The van der Waals surface area contributed by atoms with Crippen LogP contribution in [0.1, 0.15) is 49.3 Å². The molecular formula is C25H37FN4O2. The number of aryl methyl sites for hydroxylation is 2. The lowest BCUT2D eigenvalue weighted by Gasteiger charge is -2.37. The predicted octanol–water partition coefficient (Wildman–Crippen LogP) is 3.38. The van der Waals surface area contributed by atoms with Gasteiger partial charge in [0, 0.05) is 57.0 Å². The number of ether oxygens (including phenoxy) is 1. The first kappa shape index (κ1) is 24.6. The van der Waals surface area contributed by atoms with Gasteiger partial charge in [0.15, 0.2) is 0 Å². The van der Waals surface area contributed by atoms with Crippen LogP contribution in [-0.4, -0.2) is 72.0 Å². The third-order valence-electron chi connectivity index (χ3n) is 5.91. The molecule has 0 bridgehead atoms. The zero-order valence-electron chi connectivity index (χ0n) is 19.7. The molecule has 0 unspecified atom stereocenters. The fraction of sp³-hybridized carbons (Fsp3) is 0.600. The number of piperazine rings is 1. The summed E-state index contributed by atoms with van der Waals surface area (Å²) in [5.74, 6) is 1.54. The van der Waals surface area contributed by atoms with Crippen molar-refractivity contribution < 1.29 is 14.2 Å². The maximum absolute atomic E-state index is 13.4. The Balaban J connectivity index is 1.65. The Morgan fingerprint density at radius 3 is 2.47 bits per heavy atom. The Morgan fingerprint density at radius 1 is 1.09 bits per heavy atom. The molecule has 3 rings (SSSR count). The van der Waals surface area contributed by atoms with Crippen molar-refractivity contribution in [1.82, 2.24) is 14.9 Å². The van der Waals surface area contributed by atoms with E-state index < -0.39 is 6.10 Å². The molecular weight excluding hydrogens is 407 g/mol. The molecule has 1 aliphatic heterocycles. The summed E-state index contributed by atoms with van der Waals surface area (Å²) in [5.41, 5.74) is 3.24. The van der Waals surface area contributed by atoms with Gasteiger partial charge in [0.1, 0.15) is 17.5 Å². The molecule has 176 valence electrons. The predicted molar refractivity (Wildman–Crippen MR) is 126 cm³/mol. The number of rotatable bonds is 11. The van der Waals surface area contributed by atoms with Crippen molar-refractivity contribution in [1.29, 1.82) is 0 Å². The molecule has 1 fully saturated rings. The number of unbranched alkanes of at least 4 members (excludes halogenated alkanes) is 1. The number of anilines is 1. The molecule has 6 nitrogen and oxygen atoms in total. The van der Waals surface area contributed by atoms with Crippen LogP contribution >= 0.6 is 0 Å². The summed E-state index contributed by atoms with van der Waals surface area (Å²) < 4.78 is 18.9. The molecule has 0 amide bonds. The Hall–Kier alpha value is -2.09. The fourth-order valence-corrected chi connectivity index (χ4v) is 4.14. The Labute approximate surface area is 191 Å². The van der Waals surface area contributed by atoms with Crippen molar-refractivity contribution in [3.63, 3.8) is 0 Å². The second-order valence-corrected chi connectivity index (χ2v) is 8.55. The van der Waals surface area contributed by atoms with E-state index in [2.05, 4.69) is 28.6 Å². The number of β-amino-alcohol motifs (C(OH)–C–C–N with tert-alkyl or cyclic N) is 1. The number of aliphatic hydroxyl groups excluding tert-OH is 1. The van der Waals surface area contributed by atoms with E-state index in [4.69, 9.17) is 9.72 Å². The van der Waals surface area contributed by atoms with Gasteiger partial charge in [-0.25, -0.2) is 14.4 Å². The highest BCUT2D eigenvalue weighted by molar-refractivity contribution is 5.52. The molecule has 32 heavy (non-hydrogen) atoms. The molecule has 0 spiro atoms. The number of aromatic nitrogens is 2. The molecule has 0 radical (unpaired) electrons. The van der Waals surface area contributed by atoms with Crippen LogP contribution in [0.2, 0.25) is 0 Å². The average molecular weight is 445 g/mol. The number of aliphatic hydroxyl groups is 1. The van der Waals surface area contributed by atoms with Crippen LogP contribution in [0.15, 0.2) is 24.3 Å². The normalized spacial score (nSPS) is 15.8. The average Bonchev–Trinajstić information content (AvgIpc) is 2.79. The van der Waals surface area contributed by atoms with Crippen LogP contribution < -0.4 is 4.90 Å². The molecule has 7 heteroatoms. The van der Waals surface area contributed by atoms with Crippen molar-refractivity contribution >= 4 is 5.82 Å². The smallest absolute Gasteiger partial charge is 0.136 e. The minimum atomic E-state index is -0.458. The van der Waals surface area contributed by atoms with E-state index in [-0.39, 0.29) is 5.82 Å². The Kier molecular flexibility index (Phi) is 9.38. The van der Waals surface area contributed by atoms with Crippen LogP contribution in [-0.2, 0) is 17.6 Å². The highest BCUT2D eigenvalue weighted by Crippen LogP contribution is 2.26. The summed E-state index contributed by atoms with van der Waals surface area (Å²) in [6.07, 6.45) is 3.19. The second-order valence-electron chi connectivity index (χ2n) is 8.55. The summed E-state index contributed by atoms with van der Waals surface area (Å²) >= 11 is 0. The first-order chi connectivity index (χ1) is 15.5. The second kappa shape index (κ2) is 12.2. The zero-order chi connectivity index (χ0) is 22.9. The van der Waals surface area contributed by atoms with Gasteiger partial charge in [-0.05, 0) is 37.5 Å². The maximum Gasteiger partial charge on any atom is 0.136 e. The van der Waals surface area contributed by atoms with Gasteiger partial charge < -0.3 is 14.7 Å². The summed E-state index contributed by atoms with van der Waals surface area (Å²) in [5, 5.41) is 10.3. The number of hydrogen-bond donors (Lipinski definition) is 1. The van der Waals surface area contributed by atoms with Crippen LogP contribution in [0.5, 0.6) is 0 Å². The van der Waals surface area contributed by atoms with Gasteiger partial charge >= 0.3 is 0 Å². The van der Waals surface area contributed by atoms with Gasteiger partial charge in [-0.3, -0.25) is 4.90 Å². The number of hydrogen-bond acceptors (Lipinski definition) is 6. The lowest BCUT2D eigenvalue weighted by molar-refractivity contribution is 0.0150. The number of nitrogens with zero attached hydrogens (tertiary/aromatic N) is 4. The third kappa shape index (κ3) is 6.95. The van der Waals surface area contributed by atoms with Crippen molar-refractivity contribution in [2.45, 2.75) is 52.6 Å². The van der Waals surface area contributed by atoms with Crippen molar-refractivity contribution in [3.8, 4) is 0 Å². The van der Waals surface area contributed by atoms with E-state index in [1.807, 2.05) is 19.1 Å². The minimum absolute atomic E-state index is 0.223. The van der Waals surface area contributed by atoms with E-state index in [1.165, 1.54) is 12.1 Å². The third-order valence-corrected chi connectivity index (χ3v) is 5.91. The Bertz CT molecular complexity index is 839. The Morgan fingerprint density at radius 2 is 1.81 bits per heavy atom. The molecule has 1 N–H and O–H groups in total. The van der Waals surface area contributed by atoms with Crippen molar-refractivity contribution in [3.05, 3.63) is 52.7 Å². The van der Waals surface area contributed by atoms with Gasteiger partial charge in [0.25, 0.3) is 0 Å². The largest absolute Gasteiger partial charge is 0.389 e. The quantitative estimate of drug-likeness (QED) is 0.536. The van der Waals surface area contributed by atoms with Crippen molar-refractivity contribution in [2.24, 2.45) is 0 Å². The van der Waals surface area contributed by atoms with E-state index in [0.717, 1.165) is 73.9 Å². The number of halogens is 1. The van der Waals surface area contributed by atoms with Gasteiger partial charge in [-0.1, -0.05) is 32.4 Å². The summed E-state index contributed by atoms with van der Waals surface area (Å²) in [6.45, 7) is 11.4. The zero-order valence-corrected chi connectivity index (χ0v) is 19.7.